The third kappa shape index (κ3) is 18.2. The van der Waals surface area contributed by atoms with E-state index < -0.39 is 20.4 Å². The molecule has 0 fully saturated rings. The van der Waals surface area contributed by atoms with Crippen molar-refractivity contribution in [3.05, 3.63) is 0 Å². The van der Waals surface area contributed by atoms with Crippen molar-refractivity contribution < 1.29 is 36.0 Å². The maximum atomic E-state index is 11.1. The molecule has 0 aromatic heterocycles. The predicted octanol–water partition coefficient (Wildman–Crippen LogP) is 3.29. The summed E-state index contributed by atoms with van der Waals surface area (Å²) in [6.07, 6.45) is 0. The van der Waals surface area contributed by atoms with Gasteiger partial charge >= 0.3 is 55.0 Å². The van der Waals surface area contributed by atoms with Gasteiger partial charge in [0.15, 0.2) is 0 Å². The molecule has 11 heavy (non-hydrogen) atoms. The van der Waals surface area contributed by atoms with Crippen LogP contribution in [0.5, 0.6) is 0 Å². The van der Waals surface area contributed by atoms with Gasteiger partial charge < -0.3 is 5.11 Å². The molecule has 1 N–H and O–H groups in total. The number of carboxylic acid groups (broad SMARTS) is 1. The van der Waals surface area contributed by atoms with Crippen LogP contribution in [0.2, 0.25) is 0 Å². The molecule has 0 aromatic carbocycles. The molecule has 0 aliphatic carbocycles. The molecule has 0 atom stereocenters. The molecule has 0 heterocycles. The summed E-state index contributed by atoms with van der Waals surface area (Å²) in [6.45, 7) is 1.08. The number of hydrogen-bond acceptors (Lipinski definition) is 4. The number of rotatable bonds is 3. The maximum absolute atomic E-state index is 11.1. The Bertz CT molecular complexity index is 93.1. The zero-order valence-corrected chi connectivity index (χ0v) is 8.95. The molecule has 2 nitrogen and oxygen atoms in total. The SMILES string of the molecule is CC(=O)O.F[S][Ag]([S]F)[S]F. The Labute approximate surface area is 77.4 Å². The topological polar surface area (TPSA) is 37.3 Å². The van der Waals surface area contributed by atoms with Gasteiger partial charge in [0, 0.05) is 6.92 Å². The van der Waals surface area contributed by atoms with E-state index in [4.69, 9.17) is 9.90 Å². The summed E-state index contributed by atoms with van der Waals surface area (Å²) in [5, 5.41) is 7.42. The third-order valence-electron chi connectivity index (χ3n) is 0.114. The first-order chi connectivity index (χ1) is 5.08. The van der Waals surface area contributed by atoms with Gasteiger partial charge in [0.25, 0.3) is 5.97 Å². The van der Waals surface area contributed by atoms with Crippen LogP contribution in [-0.2, 0) is 19.3 Å². The molecule has 0 unspecified atom stereocenters. The first kappa shape index (κ1) is 14.6. The summed E-state index contributed by atoms with van der Waals surface area (Å²) in [5.74, 6) is -0.833. The van der Waals surface area contributed by atoms with E-state index in [1.165, 1.54) is 0 Å². The fraction of sp³-hybridized carbons (Fsp3) is 0.500. The van der Waals surface area contributed by atoms with Gasteiger partial charge in [-0.05, 0) is 0 Å². The van der Waals surface area contributed by atoms with Crippen LogP contribution in [0.4, 0.5) is 11.7 Å². The zero-order valence-electron chi connectivity index (χ0n) is 5.02. The number of carboxylic acids is 1. The zero-order chi connectivity index (χ0) is 9.28. The third-order valence-corrected chi connectivity index (χ3v) is 6.07. The summed E-state index contributed by atoms with van der Waals surface area (Å²) in [7, 11) is -0.753. The van der Waals surface area contributed by atoms with Crippen molar-refractivity contribution in [2.24, 2.45) is 0 Å². The van der Waals surface area contributed by atoms with Crippen molar-refractivity contribution in [2.75, 3.05) is 0 Å². The quantitative estimate of drug-likeness (QED) is 0.808. The molecule has 0 aliphatic heterocycles. The van der Waals surface area contributed by atoms with E-state index in [2.05, 4.69) is 0 Å². The Morgan fingerprint density at radius 3 is 1.45 bits per heavy atom. The molecule has 0 saturated carbocycles. The molecule has 0 spiro atoms. The van der Waals surface area contributed by atoms with Gasteiger partial charge in [-0.15, -0.1) is 0 Å². The van der Waals surface area contributed by atoms with Crippen LogP contribution >= 0.6 is 28.8 Å². The fourth-order valence-corrected chi connectivity index (χ4v) is 1.15. The van der Waals surface area contributed by atoms with Crippen molar-refractivity contribution >= 4 is 34.8 Å². The van der Waals surface area contributed by atoms with Crippen molar-refractivity contribution in [3.63, 3.8) is 0 Å². The van der Waals surface area contributed by atoms with E-state index in [1.807, 2.05) is 0 Å². The van der Waals surface area contributed by atoms with E-state index in [0.717, 1.165) is 6.92 Å². The molecular formula is C2H4AgF3O2S3. The van der Waals surface area contributed by atoms with Gasteiger partial charge in [0.05, 0.1) is 0 Å². The van der Waals surface area contributed by atoms with E-state index in [1.54, 1.807) is 0 Å². The monoisotopic (exact) mass is 320 g/mol. The number of carbonyl (C=O) groups is 1. The Morgan fingerprint density at radius 2 is 1.45 bits per heavy atom. The predicted molar refractivity (Wildman–Crippen MR) is 39.4 cm³/mol. The average Bonchev–Trinajstić information content (AvgIpc) is 1.90. The standard InChI is InChI=1S/C2H4O2.Ag.3FS/c1-2(3)4;;3*1-2/h1H3,(H,3,4);;;;/q;+3;3*-1. The molecule has 9 heteroatoms. The van der Waals surface area contributed by atoms with Crippen molar-refractivity contribution in [3.8, 4) is 0 Å². The molecule has 0 aromatic rings. The van der Waals surface area contributed by atoms with Crippen LogP contribution in [-0.4, -0.2) is 11.1 Å². The second kappa shape index (κ2) is 11.1. The summed E-state index contributed by atoms with van der Waals surface area (Å²) in [4.78, 5) is 9.00. The van der Waals surface area contributed by atoms with Gasteiger partial charge in [-0.25, -0.2) is 0 Å². The molecule has 0 radical (unpaired) electrons. The average molecular weight is 321 g/mol. The minimum absolute atomic E-state index is 0.251. The van der Waals surface area contributed by atoms with Crippen LogP contribution < -0.4 is 0 Å². The summed E-state index contributed by atoms with van der Waals surface area (Å²) >= 11 is -2.12. The normalized spacial score (nSPS) is 9.64. The van der Waals surface area contributed by atoms with Crippen LogP contribution in [0, 0.1) is 0 Å². The summed E-state index contributed by atoms with van der Waals surface area (Å²) < 4.78 is 33.3. The fourth-order valence-electron chi connectivity index (χ4n) is 0.0215. The van der Waals surface area contributed by atoms with Gasteiger partial charge in [-0.2, -0.15) is 0 Å². The summed E-state index contributed by atoms with van der Waals surface area (Å²) in [6, 6.07) is 0. The van der Waals surface area contributed by atoms with Gasteiger partial charge in [-0.1, -0.05) is 0 Å². The van der Waals surface area contributed by atoms with Crippen LogP contribution in [0.3, 0.4) is 0 Å². The first-order valence-corrected chi connectivity index (χ1v) is 8.87. The van der Waals surface area contributed by atoms with Crippen molar-refractivity contribution in [1.29, 1.82) is 0 Å². The molecule has 0 aliphatic rings. The first-order valence-electron chi connectivity index (χ1n) is 1.76. The second-order valence-corrected chi connectivity index (χ2v) is 11.0. The Balaban J connectivity index is 0. The van der Waals surface area contributed by atoms with Crippen LogP contribution in [0.15, 0.2) is 0 Å². The molecule has 0 rings (SSSR count). The van der Waals surface area contributed by atoms with Crippen LogP contribution in [0.1, 0.15) is 6.92 Å². The van der Waals surface area contributed by atoms with Crippen molar-refractivity contribution in [2.45, 2.75) is 6.92 Å². The number of aliphatic carboxylic acids is 1. The molecular weight excluding hydrogens is 317 g/mol. The summed E-state index contributed by atoms with van der Waals surface area (Å²) in [5.41, 5.74) is 0. The number of halogens is 3. The number of hydrogen-bond donors (Lipinski definition) is 1. The van der Waals surface area contributed by atoms with Crippen molar-refractivity contribution in [1.82, 2.24) is 0 Å². The van der Waals surface area contributed by atoms with E-state index >= 15 is 0 Å². The molecule has 74 valence electrons. The Hall–Kier alpha value is 1.05. The molecule has 0 bridgehead atoms. The van der Waals surface area contributed by atoms with Gasteiger partial charge in [0.2, 0.25) is 0 Å². The van der Waals surface area contributed by atoms with Gasteiger partial charge in [0.1, 0.15) is 0 Å². The molecule has 0 amide bonds. The van der Waals surface area contributed by atoms with E-state index in [9.17, 15) is 11.7 Å². The second-order valence-electron chi connectivity index (χ2n) is 0.809. The van der Waals surface area contributed by atoms with E-state index in [-0.39, 0.29) is 28.8 Å². The Morgan fingerprint density at radius 1 is 1.27 bits per heavy atom. The molecule has 0 saturated heterocycles. The van der Waals surface area contributed by atoms with Crippen LogP contribution in [0.25, 0.3) is 0 Å². The van der Waals surface area contributed by atoms with E-state index in [0.29, 0.717) is 0 Å². The Kier molecular flexibility index (Phi) is 14.6. The minimum atomic E-state index is -2.12. The van der Waals surface area contributed by atoms with Gasteiger partial charge in [-0.3, -0.25) is 4.79 Å².